The number of pyridine rings is 6. The number of ether oxygens (including phenoxy) is 2. The largest absolute Gasteiger partial charge is 0.383 e. The molecule has 13 rings (SSSR count). The number of methoxy groups -OCH3 is 1. The third-order valence-electron chi connectivity index (χ3n) is 18.5. The van der Waals surface area contributed by atoms with Gasteiger partial charge in [-0.2, -0.15) is 0 Å². The Morgan fingerprint density at radius 2 is 0.612 bits per heavy atom. The maximum Gasteiger partial charge on any atom is 0.320 e. The Morgan fingerprint density at radius 3 is 0.918 bits per heavy atom. The normalized spacial score (nSPS) is 10.8. The Labute approximate surface area is 775 Å². The van der Waals surface area contributed by atoms with Crippen LogP contribution in [-0.4, -0.2) is 187 Å². The van der Waals surface area contributed by atoms with E-state index in [1.54, 1.807) is 73.9 Å². The number of morpholine rings is 1. The minimum atomic E-state index is -0.366. The Balaban J connectivity index is 0.000000189. The molecule has 15 amide bonds. The monoisotopic (exact) mass is 1820 g/mol. The fraction of sp³-hybridized carbons (Fsp3) is 0.208. The van der Waals surface area contributed by atoms with Crippen molar-refractivity contribution in [2.75, 3.05) is 151 Å². The Kier molecular flexibility index (Phi) is 41.7. The van der Waals surface area contributed by atoms with Gasteiger partial charge in [0.15, 0.2) is 0 Å². The standard InChI is InChI=1S/C23H25N5O2.C20H20N6O2.C19H23N5O3.C18H23N5O3.C16H19N5O2/c1-2-24-23(30)28-21-15-20(27-18-11-7-4-8-12-18)19(16-26-21)22(29)25-14-13-17-9-5-3-6-10-17;1-2-22-20(28)26-18-12-17(24-14-6-4-3-5-7-14)16(13-23-18)19(27)25-15-8-10-21-11-9-15;1-2-20-19(26)23-17-12-16(22-14-6-4-3-5-7-14)15(13-21-17)18(25)24-8-10-27-11-9-24;1-3-19-18(25)23-16-11-15(22-13-7-5-4-6-8-13)14(12-21-16)17(24)20-9-10-26-2;1-3-18-16(23)21-14-9-13(12(10-19-14)15(22)17-2)20-11-7-5-4-6-8-11/h3-12,15-16H,2,13-14H2,1H3,(H,25,29)(H3,24,26,27,28,30);3-13H,2H2,1H3,(H,21,25,27)(H3,22,23,24,26,28);3-7,12-13H,2,8-11H2,1H3,(H3,20,21,22,23,26);4-8,11-12H,3,9-10H2,1-2H3,(H,20,24)(H3,19,21,22,23,25);4-10H,3H2,1-2H3,(H,17,22)(H3,18,19,20,21,23). The molecule has 134 heavy (non-hydrogen) atoms. The van der Waals surface area contributed by atoms with Crippen LogP contribution in [0.3, 0.4) is 0 Å². The first kappa shape index (κ1) is 101. The molecule has 0 bridgehead atoms. The maximum atomic E-state index is 12.9. The number of carbonyl (C=O) groups is 10. The van der Waals surface area contributed by atoms with E-state index >= 15 is 0 Å². The molecule has 1 fully saturated rings. The van der Waals surface area contributed by atoms with Crippen LogP contribution >= 0.6 is 0 Å². The zero-order valence-electron chi connectivity index (χ0n) is 75.1. The number of hydrogen-bond acceptors (Lipinski definition) is 23. The Hall–Kier alpha value is -17.2. The number of urea groups is 5. The molecule has 1 saturated heterocycles. The van der Waals surface area contributed by atoms with Gasteiger partial charge in [0.2, 0.25) is 0 Å². The van der Waals surface area contributed by atoms with Crippen LogP contribution in [0, 0.1) is 0 Å². The van der Waals surface area contributed by atoms with E-state index in [1.165, 1.54) is 31.0 Å². The molecule has 0 saturated carbocycles. The number of amides is 15. The molecule has 1 aliphatic rings. The van der Waals surface area contributed by atoms with Crippen molar-refractivity contribution in [1.82, 2.24) is 77.3 Å². The van der Waals surface area contributed by atoms with Gasteiger partial charge in [-0.3, -0.25) is 55.5 Å². The lowest BCUT2D eigenvalue weighted by Gasteiger charge is -2.27. The summed E-state index contributed by atoms with van der Waals surface area (Å²) in [7, 11) is 3.12. The average Bonchev–Trinajstić information content (AvgIpc) is 0.817. The van der Waals surface area contributed by atoms with E-state index in [0.717, 1.165) is 40.4 Å². The van der Waals surface area contributed by atoms with Crippen molar-refractivity contribution in [3.05, 3.63) is 301 Å². The quantitative estimate of drug-likeness (QED) is 0.0174. The molecule has 1 aliphatic heterocycles. The summed E-state index contributed by atoms with van der Waals surface area (Å²) in [5.74, 6) is 0.489. The van der Waals surface area contributed by atoms with Crippen LogP contribution in [0.2, 0.25) is 0 Å². The molecule has 38 heteroatoms. The van der Waals surface area contributed by atoms with Crippen molar-refractivity contribution in [2.24, 2.45) is 0 Å². The minimum Gasteiger partial charge on any atom is -0.383 e. The van der Waals surface area contributed by atoms with Gasteiger partial charge in [-0.15, -0.1) is 0 Å². The predicted octanol–water partition coefficient (Wildman–Crippen LogP) is 14.7. The van der Waals surface area contributed by atoms with Gasteiger partial charge in [0.05, 0.1) is 76.1 Å². The van der Waals surface area contributed by atoms with Crippen molar-refractivity contribution in [3.63, 3.8) is 0 Å². The summed E-state index contributed by atoms with van der Waals surface area (Å²) in [5, 5.41) is 53.5. The molecule has 7 heterocycles. The summed E-state index contributed by atoms with van der Waals surface area (Å²) >= 11 is 0. The number of benzene rings is 6. The molecule has 6 aromatic carbocycles. The minimum absolute atomic E-state index is 0.117. The van der Waals surface area contributed by atoms with Gasteiger partial charge < -0.3 is 88.8 Å². The van der Waals surface area contributed by atoms with Gasteiger partial charge >= 0.3 is 30.2 Å². The summed E-state index contributed by atoms with van der Waals surface area (Å²) in [6.07, 6.45) is 11.1. The molecule has 12 aromatic rings. The van der Waals surface area contributed by atoms with E-state index in [1.807, 2.05) is 217 Å². The third kappa shape index (κ3) is 34.5. The van der Waals surface area contributed by atoms with Crippen molar-refractivity contribution in [1.29, 1.82) is 0 Å². The first-order valence-electron chi connectivity index (χ1n) is 43.0. The highest BCUT2D eigenvalue weighted by Crippen LogP contribution is 2.30. The van der Waals surface area contributed by atoms with E-state index in [-0.39, 0.29) is 59.7 Å². The van der Waals surface area contributed by atoms with Crippen molar-refractivity contribution >= 4 is 151 Å². The van der Waals surface area contributed by atoms with Crippen LogP contribution in [0.15, 0.2) is 268 Å². The smallest absolute Gasteiger partial charge is 0.320 e. The molecule has 19 N–H and O–H groups in total. The highest BCUT2D eigenvalue weighted by atomic mass is 16.5. The number of anilines is 16. The lowest BCUT2D eigenvalue weighted by molar-refractivity contribution is 0.0303. The molecular weight excluding hydrogens is 1710 g/mol. The van der Waals surface area contributed by atoms with Gasteiger partial charge in [-0.1, -0.05) is 121 Å². The van der Waals surface area contributed by atoms with Crippen LogP contribution in [-0.2, 0) is 15.9 Å². The van der Waals surface area contributed by atoms with Crippen LogP contribution in [0.5, 0.6) is 0 Å². The number of rotatable bonds is 32. The molecule has 0 atom stereocenters. The highest BCUT2D eigenvalue weighted by molar-refractivity contribution is 6.09. The van der Waals surface area contributed by atoms with E-state index in [4.69, 9.17) is 9.47 Å². The summed E-state index contributed by atoms with van der Waals surface area (Å²) in [4.78, 5) is 148. The van der Waals surface area contributed by atoms with E-state index in [9.17, 15) is 47.9 Å². The fourth-order valence-electron chi connectivity index (χ4n) is 12.1. The number of hydrogen-bond donors (Lipinski definition) is 19. The lowest BCUT2D eigenvalue weighted by atomic mass is 10.1. The van der Waals surface area contributed by atoms with Crippen molar-refractivity contribution in [2.45, 2.75) is 41.0 Å². The molecule has 0 aliphatic carbocycles. The SMILES string of the molecule is CCNC(=O)Nc1cc(Nc2ccccc2)c(C(=O)N2CCOCC2)cn1.CCNC(=O)Nc1cc(Nc2ccccc2)c(C(=O)NC)cn1.CCNC(=O)Nc1cc(Nc2ccccc2)c(C(=O)NCCOC)cn1.CCNC(=O)Nc1cc(Nc2ccccc2)c(C(=O)NCCc2ccccc2)cn1.CCNC(=O)Nc1cc(Nc2ccccc2)c(C(=O)Nc2ccncc2)cn1. The first-order chi connectivity index (χ1) is 65.2. The lowest BCUT2D eigenvalue weighted by Crippen LogP contribution is -2.41. The number of nitrogens with zero attached hydrogens (tertiary/aromatic N) is 7. The third-order valence-corrected chi connectivity index (χ3v) is 18.5. The summed E-state index contributed by atoms with van der Waals surface area (Å²) in [6.45, 7) is 15.1. The summed E-state index contributed by atoms with van der Waals surface area (Å²) in [6, 6.07) is 67.1. The first-order valence-corrected chi connectivity index (χ1v) is 43.0. The zero-order chi connectivity index (χ0) is 95.4. The Morgan fingerprint density at radius 1 is 0.328 bits per heavy atom. The second-order valence-corrected chi connectivity index (χ2v) is 28.4. The van der Waals surface area contributed by atoms with E-state index < -0.39 is 0 Å². The topological polar surface area (TPSA) is 498 Å². The number of aromatic nitrogens is 6. The van der Waals surface area contributed by atoms with Gasteiger partial charge in [-0.05, 0) is 119 Å². The average molecular weight is 1820 g/mol. The molecule has 0 spiro atoms. The van der Waals surface area contributed by atoms with Crippen LogP contribution in [0.1, 0.15) is 92.0 Å². The van der Waals surface area contributed by atoms with E-state index in [2.05, 4.69) is 131 Å². The van der Waals surface area contributed by atoms with Gasteiger partial charge in [0.25, 0.3) is 29.5 Å². The second kappa shape index (κ2) is 55.5. The van der Waals surface area contributed by atoms with Gasteiger partial charge in [0.1, 0.15) is 29.1 Å². The van der Waals surface area contributed by atoms with Crippen LogP contribution < -0.4 is 101 Å². The summed E-state index contributed by atoms with van der Waals surface area (Å²) in [5.41, 5.74) is 10.5. The Bertz CT molecular complexity index is 5770. The molecular formula is C96H110N26O12. The predicted molar refractivity (Wildman–Crippen MR) is 522 cm³/mol. The van der Waals surface area contributed by atoms with Crippen molar-refractivity contribution in [3.8, 4) is 0 Å². The molecule has 38 nitrogen and oxygen atoms in total. The maximum absolute atomic E-state index is 12.9. The second-order valence-electron chi connectivity index (χ2n) is 28.4. The fourth-order valence-corrected chi connectivity index (χ4v) is 12.1. The number of para-hydroxylation sites is 5. The van der Waals surface area contributed by atoms with Gasteiger partial charge in [-0.25, -0.2) is 48.9 Å². The number of nitrogens with one attached hydrogen (secondary N) is 19. The van der Waals surface area contributed by atoms with Crippen molar-refractivity contribution < 1.29 is 57.4 Å². The molecule has 6 aromatic heterocycles. The highest BCUT2D eigenvalue weighted by Gasteiger charge is 2.25. The van der Waals surface area contributed by atoms with Gasteiger partial charge in [0, 0.05) is 181 Å². The van der Waals surface area contributed by atoms with Crippen LogP contribution in [0.4, 0.5) is 116 Å². The molecule has 0 radical (unpaired) electrons. The van der Waals surface area contributed by atoms with Crippen LogP contribution in [0.25, 0.3) is 0 Å². The number of carbonyl (C=O) groups excluding carboxylic acids is 10. The molecule has 0 unspecified atom stereocenters. The molecule has 696 valence electrons. The zero-order valence-corrected chi connectivity index (χ0v) is 75.1. The van der Waals surface area contributed by atoms with E-state index in [0.29, 0.717) is 170 Å². The summed E-state index contributed by atoms with van der Waals surface area (Å²) < 4.78 is 10.3.